The van der Waals surface area contributed by atoms with Crippen LogP contribution in [0.2, 0.25) is 19.6 Å². The van der Waals surface area contributed by atoms with E-state index in [2.05, 4.69) is 16.7 Å². The zero-order valence-corrected chi connectivity index (χ0v) is 19.3. The molecular formula is C25H25N3O3Si. The molecule has 32 heavy (non-hydrogen) atoms. The van der Waals surface area contributed by atoms with Crippen LogP contribution in [0.25, 0.3) is 0 Å². The number of rotatable bonds is 7. The molecule has 3 rings (SSSR count). The van der Waals surface area contributed by atoms with E-state index in [-0.39, 0.29) is 0 Å². The Morgan fingerprint density at radius 2 is 1.34 bits per heavy atom. The van der Waals surface area contributed by atoms with Gasteiger partial charge >= 0.3 is 0 Å². The molecule has 3 aromatic carbocycles. The Morgan fingerprint density at radius 1 is 0.812 bits per heavy atom. The molecule has 0 saturated carbocycles. The Hall–Kier alpha value is -3.73. The van der Waals surface area contributed by atoms with Crippen LogP contribution in [0.5, 0.6) is 0 Å². The normalized spacial score (nSPS) is 12.8. The molecule has 2 amide bonds. The van der Waals surface area contributed by atoms with Gasteiger partial charge in [0.15, 0.2) is 8.32 Å². The molecule has 1 atom stereocenters. The molecule has 0 saturated heterocycles. The smallest absolute Gasteiger partial charge is 0.270 e. The van der Waals surface area contributed by atoms with Gasteiger partial charge < -0.3 is 15.1 Å². The molecule has 0 aromatic heterocycles. The van der Waals surface area contributed by atoms with E-state index in [9.17, 15) is 14.9 Å². The van der Waals surface area contributed by atoms with Crippen LogP contribution in [0.3, 0.4) is 0 Å². The maximum atomic E-state index is 13.8. The molecule has 0 aliphatic heterocycles. The summed E-state index contributed by atoms with van der Waals surface area (Å²) in [6, 6.07) is 26.3. The van der Waals surface area contributed by atoms with Crippen LogP contribution < -0.4 is 10.6 Å². The molecule has 0 fully saturated rings. The Labute approximate surface area is 189 Å². The molecule has 0 bridgehead atoms. The van der Waals surface area contributed by atoms with E-state index in [0.717, 1.165) is 0 Å². The molecule has 162 valence electrons. The first-order valence-corrected chi connectivity index (χ1v) is 13.6. The summed E-state index contributed by atoms with van der Waals surface area (Å²) in [5, 5.41) is 15.0. The number of nitrogens with zero attached hydrogens (tertiary/aromatic N) is 1. The Kier molecular flexibility index (Phi) is 6.88. The monoisotopic (exact) mass is 443 g/mol. The van der Waals surface area contributed by atoms with Crippen molar-refractivity contribution in [2.75, 3.05) is 10.6 Å². The topological polar surface area (TPSA) is 91.2 Å². The van der Waals surface area contributed by atoms with E-state index in [1.165, 1.54) is 0 Å². The quantitative estimate of drug-likeness (QED) is 0.402. The average molecular weight is 444 g/mol. The summed E-state index contributed by atoms with van der Waals surface area (Å²) in [5.74, 6) is -1.27. The first-order valence-electron chi connectivity index (χ1n) is 10.2. The molecule has 3 aromatic rings. The number of amides is 2. The summed E-state index contributed by atoms with van der Waals surface area (Å²) in [6.07, 6.45) is 0. The summed E-state index contributed by atoms with van der Waals surface area (Å²) in [5.41, 5.74) is -0.402. The van der Waals surface area contributed by atoms with Gasteiger partial charge in [0.05, 0.1) is 11.3 Å². The molecule has 0 heterocycles. The summed E-state index contributed by atoms with van der Waals surface area (Å²) in [6.45, 7) is 5.74. The number of hydrogen-bond acceptors (Lipinski definition) is 4. The van der Waals surface area contributed by atoms with Crippen molar-refractivity contribution in [3.05, 3.63) is 96.1 Å². The van der Waals surface area contributed by atoms with Gasteiger partial charge in [-0.15, -0.1) is 0 Å². The molecule has 1 unspecified atom stereocenters. The number of carbonyl (C=O) groups is 2. The van der Waals surface area contributed by atoms with Gasteiger partial charge in [-0.05, 0) is 43.9 Å². The fraction of sp³-hybridized carbons (Fsp3) is 0.160. The summed E-state index contributed by atoms with van der Waals surface area (Å²) < 4.78 is 6.38. The van der Waals surface area contributed by atoms with Crippen LogP contribution in [0.1, 0.15) is 11.1 Å². The molecular weight excluding hydrogens is 418 g/mol. The van der Waals surface area contributed by atoms with Crippen LogP contribution in [0, 0.1) is 11.3 Å². The van der Waals surface area contributed by atoms with E-state index < -0.39 is 25.7 Å². The SMILES string of the molecule is C[Si](C)(C)OC(C(=O)Nc1ccccc1)(C(=O)Nc1ccccc1C#N)c1ccccc1. The van der Waals surface area contributed by atoms with Gasteiger partial charge in [-0.3, -0.25) is 9.59 Å². The predicted octanol–water partition coefficient (Wildman–Crippen LogP) is 4.88. The van der Waals surface area contributed by atoms with Crippen molar-refractivity contribution in [2.24, 2.45) is 0 Å². The van der Waals surface area contributed by atoms with Crippen LogP contribution in [-0.2, 0) is 19.6 Å². The molecule has 0 radical (unpaired) electrons. The summed E-state index contributed by atoms with van der Waals surface area (Å²) in [4.78, 5) is 27.6. The van der Waals surface area contributed by atoms with E-state index >= 15 is 0 Å². The lowest BCUT2D eigenvalue weighted by atomic mass is 9.91. The standard InChI is InChI=1S/C25H25N3O3Si/c1-32(2,3)31-25(20-13-6-4-7-14-20,23(29)27-21-15-8-5-9-16-21)24(30)28-22-17-11-10-12-19(22)18-26/h4-17H,1-3H3,(H,27,29)(H,28,30). The zero-order valence-electron chi connectivity index (χ0n) is 18.3. The predicted molar refractivity (Wildman–Crippen MR) is 127 cm³/mol. The summed E-state index contributed by atoms with van der Waals surface area (Å²) in [7, 11) is -2.44. The molecule has 2 N–H and O–H groups in total. The van der Waals surface area contributed by atoms with Gasteiger partial charge in [-0.25, -0.2) is 0 Å². The third-order valence-corrected chi connectivity index (χ3v) is 5.53. The first-order chi connectivity index (χ1) is 15.3. The second kappa shape index (κ2) is 9.60. The minimum atomic E-state index is -2.44. The molecule has 0 aliphatic carbocycles. The highest BCUT2D eigenvalue weighted by atomic mass is 28.4. The summed E-state index contributed by atoms with van der Waals surface area (Å²) >= 11 is 0. The van der Waals surface area contributed by atoms with Crippen LogP contribution in [-0.4, -0.2) is 20.1 Å². The molecule has 7 heteroatoms. The number of anilines is 2. The Morgan fingerprint density at radius 3 is 1.94 bits per heavy atom. The Bertz CT molecular complexity index is 1140. The number of nitrogens with one attached hydrogen (secondary N) is 2. The van der Waals surface area contributed by atoms with E-state index in [1.807, 2.05) is 25.7 Å². The minimum Gasteiger partial charge on any atom is -0.393 e. The van der Waals surface area contributed by atoms with Crippen LogP contribution >= 0.6 is 0 Å². The fourth-order valence-corrected chi connectivity index (χ4v) is 4.51. The number of benzene rings is 3. The highest BCUT2D eigenvalue weighted by molar-refractivity contribution is 6.70. The second-order valence-electron chi connectivity index (χ2n) is 8.19. The van der Waals surface area contributed by atoms with Crippen molar-refractivity contribution in [1.82, 2.24) is 0 Å². The van der Waals surface area contributed by atoms with Crippen molar-refractivity contribution in [3.63, 3.8) is 0 Å². The second-order valence-corrected chi connectivity index (χ2v) is 12.6. The number of para-hydroxylation sites is 2. The van der Waals surface area contributed by atoms with Gasteiger partial charge in [0.2, 0.25) is 5.60 Å². The highest BCUT2D eigenvalue weighted by Gasteiger charge is 2.51. The van der Waals surface area contributed by atoms with Crippen molar-refractivity contribution < 1.29 is 14.0 Å². The van der Waals surface area contributed by atoms with Gasteiger partial charge in [0, 0.05) is 11.3 Å². The van der Waals surface area contributed by atoms with Crippen LogP contribution in [0.15, 0.2) is 84.9 Å². The van der Waals surface area contributed by atoms with Crippen molar-refractivity contribution in [3.8, 4) is 6.07 Å². The van der Waals surface area contributed by atoms with Crippen molar-refractivity contribution >= 4 is 31.5 Å². The maximum Gasteiger partial charge on any atom is 0.270 e. The van der Waals surface area contributed by atoms with Crippen molar-refractivity contribution in [2.45, 2.75) is 25.2 Å². The fourth-order valence-electron chi connectivity index (χ4n) is 3.29. The number of hydrogen-bond donors (Lipinski definition) is 2. The van der Waals surface area contributed by atoms with Crippen molar-refractivity contribution in [1.29, 1.82) is 5.26 Å². The highest BCUT2D eigenvalue weighted by Crippen LogP contribution is 2.33. The molecule has 0 spiro atoms. The maximum absolute atomic E-state index is 13.8. The third kappa shape index (κ3) is 5.11. The Balaban J connectivity index is 2.14. The van der Waals surface area contributed by atoms with Gasteiger partial charge in [0.25, 0.3) is 11.8 Å². The van der Waals surface area contributed by atoms with E-state index in [1.54, 1.807) is 78.9 Å². The van der Waals surface area contributed by atoms with Gasteiger partial charge in [-0.1, -0.05) is 60.7 Å². The lowest BCUT2D eigenvalue weighted by Gasteiger charge is -2.37. The van der Waals surface area contributed by atoms with Crippen LogP contribution in [0.4, 0.5) is 11.4 Å². The number of carbonyl (C=O) groups excluding carboxylic acids is 2. The lowest BCUT2D eigenvalue weighted by molar-refractivity contribution is -0.146. The van der Waals surface area contributed by atoms with Gasteiger partial charge in [-0.2, -0.15) is 5.26 Å². The first kappa shape index (κ1) is 22.9. The zero-order chi connectivity index (χ0) is 23.2. The largest absolute Gasteiger partial charge is 0.393 e. The average Bonchev–Trinajstić information content (AvgIpc) is 2.78. The number of nitriles is 1. The molecule has 6 nitrogen and oxygen atoms in total. The minimum absolute atomic E-state index is 0.291. The van der Waals surface area contributed by atoms with E-state index in [0.29, 0.717) is 22.5 Å². The third-order valence-electron chi connectivity index (χ3n) is 4.61. The molecule has 0 aliphatic rings. The van der Waals surface area contributed by atoms with Gasteiger partial charge in [0.1, 0.15) is 6.07 Å². The van der Waals surface area contributed by atoms with E-state index in [4.69, 9.17) is 4.43 Å². The lowest BCUT2D eigenvalue weighted by Crippen LogP contribution is -2.56.